The Morgan fingerprint density at radius 3 is 2.50 bits per heavy atom. The topological polar surface area (TPSA) is 52.6 Å². The van der Waals surface area contributed by atoms with Gasteiger partial charge in [0.25, 0.3) is 0 Å². The van der Waals surface area contributed by atoms with E-state index < -0.39 is 0 Å². The van der Waals surface area contributed by atoms with Gasteiger partial charge in [-0.2, -0.15) is 0 Å². The van der Waals surface area contributed by atoms with Crippen LogP contribution in [-0.4, -0.2) is 34.6 Å². The molecule has 0 aromatic heterocycles. The van der Waals surface area contributed by atoms with Crippen LogP contribution < -0.4 is 0 Å². The molecule has 1 rings (SSSR count). The fourth-order valence-corrected chi connectivity index (χ4v) is 3.09. The number of Topliss-reactive ketones (excluding diaryl/α,β-unsaturated/α-hetero) is 1. The summed E-state index contributed by atoms with van der Waals surface area (Å²) in [5, 5.41) is -0.0874. The van der Waals surface area contributed by atoms with Crippen LogP contribution in [0.3, 0.4) is 0 Å². The van der Waals surface area contributed by atoms with Crippen LogP contribution in [-0.2, 0) is 14.3 Å². The summed E-state index contributed by atoms with van der Waals surface area (Å²) in [4.78, 5) is 23.1. The SMILES string of the molecule is CCOC(=S)SC(CCC(=O)c1ccccc1)COC(C)=O. The van der Waals surface area contributed by atoms with Gasteiger partial charge in [0.05, 0.1) is 6.61 Å². The summed E-state index contributed by atoms with van der Waals surface area (Å²) >= 11 is 6.43. The van der Waals surface area contributed by atoms with Crippen molar-refractivity contribution < 1.29 is 19.1 Å². The monoisotopic (exact) mass is 340 g/mol. The molecule has 4 nitrogen and oxygen atoms in total. The quantitative estimate of drug-likeness (QED) is 0.409. The van der Waals surface area contributed by atoms with E-state index in [1.54, 1.807) is 12.1 Å². The lowest BCUT2D eigenvalue weighted by Crippen LogP contribution is -2.18. The number of esters is 1. The number of rotatable bonds is 8. The van der Waals surface area contributed by atoms with Gasteiger partial charge in [-0.1, -0.05) is 42.1 Å². The molecule has 0 amide bonds. The van der Waals surface area contributed by atoms with Crippen molar-refractivity contribution in [2.45, 2.75) is 31.9 Å². The summed E-state index contributed by atoms with van der Waals surface area (Å²) in [5.41, 5.74) is 0.686. The normalized spacial score (nSPS) is 11.5. The summed E-state index contributed by atoms with van der Waals surface area (Å²) in [6, 6.07) is 9.13. The minimum Gasteiger partial charge on any atom is -0.479 e. The highest BCUT2D eigenvalue weighted by atomic mass is 32.2. The zero-order chi connectivity index (χ0) is 16.4. The first-order chi connectivity index (χ1) is 10.5. The first kappa shape index (κ1) is 18.6. The Hall–Kier alpha value is -1.40. The highest BCUT2D eigenvalue weighted by molar-refractivity contribution is 8.23. The molecule has 1 atom stereocenters. The van der Waals surface area contributed by atoms with E-state index in [4.69, 9.17) is 21.7 Å². The van der Waals surface area contributed by atoms with Crippen LogP contribution in [0.25, 0.3) is 0 Å². The molecule has 120 valence electrons. The van der Waals surface area contributed by atoms with Gasteiger partial charge in [-0.25, -0.2) is 0 Å². The summed E-state index contributed by atoms with van der Waals surface area (Å²) in [6.45, 7) is 3.93. The summed E-state index contributed by atoms with van der Waals surface area (Å²) in [7, 11) is 0. The largest absolute Gasteiger partial charge is 0.479 e. The van der Waals surface area contributed by atoms with Gasteiger partial charge in [0.15, 0.2) is 5.78 Å². The van der Waals surface area contributed by atoms with Crippen LogP contribution in [0.4, 0.5) is 0 Å². The molecule has 1 aromatic rings. The van der Waals surface area contributed by atoms with E-state index in [-0.39, 0.29) is 23.6 Å². The number of hydrogen-bond acceptors (Lipinski definition) is 6. The van der Waals surface area contributed by atoms with E-state index in [0.29, 0.717) is 29.4 Å². The second-order valence-electron chi connectivity index (χ2n) is 4.55. The lowest BCUT2D eigenvalue weighted by molar-refractivity contribution is -0.140. The van der Waals surface area contributed by atoms with Gasteiger partial charge in [0, 0.05) is 24.2 Å². The van der Waals surface area contributed by atoms with Crippen LogP contribution in [0.2, 0.25) is 0 Å². The van der Waals surface area contributed by atoms with E-state index in [1.165, 1.54) is 18.7 Å². The number of carbonyl (C=O) groups is 2. The van der Waals surface area contributed by atoms with E-state index in [9.17, 15) is 9.59 Å². The molecular weight excluding hydrogens is 320 g/mol. The van der Waals surface area contributed by atoms with Crippen molar-refractivity contribution in [1.29, 1.82) is 0 Å². The zero-order valence-electron chi connectivity index (χ0n) is 12.7. The molecule has 0 N–H and O–H groups in total. The minimum absolute atomic E-state index is 0.0661. The molecule has 1 aromatic carbocycles. The van der Waals surface area contributed by atoms with E-state index in [1.807, 2.05) is 25.1 Å². The number of thioether (sulfide) groups is 1. The first-order valence-electron chi connectivity index (χ1n) is 7.08. The minimum atomic E-state index is -0.345. The molecule has 0 fully saturated rings. The van der Waals surface area contributed by atoms with Gasteiger partial charge in [0.2, 0.25) is 4.38 Å². The molecule has 0 bridgehead atoms. The highest BCUT2D eigenvalue weighted by Gasteiger charge is 2.17. The molecule has 0 spiro atoms. The lowest BCUT2D eigenvalue weighted by Gasteiger charge is -2.16. The Morgan fingerprint density at radius 1 is 1.23 bits per heavy atom. The van der Waals surface area contributed by atoms with Crippen molar-refractivity contribution in [2.24, 2.45) is 0 Å². The number of hydrogen-bond donors (Lipinski definition) is 0. The maximum Gasteiger partial charge on any atom is 0.302 e. The van der Waals surface area contributed by atoms with Gasteiger partial charge in [0.1, 0.15) is 6.61 Å². The maximum atomic E-state index is 12.1. The number of benzene rings is 1. The van der Waals surface area contributed by atoms with Crippen molar-refractivity contribution in [1.82, 2.24) is 0 Å². The molecule has 22 heavy (non-hydrogen) atoms. The standard InChI is InChI=1S/C16H20O4S2/c1-3-19-16(21)22-14(11-20-12(2)17)9-10-15(18)13-7-5-4-6-8-13/h4-8,14H,3,9-11H2,1-2H3. The fourth-order valence-electron chi connectivity index (χ4n) is 1.73. The number of ketones is 1. The van der Waals surface area contributed by atoms with Crippen LogP contribution in [0, 0.1) is 0 Å². The third-order valence-corrected chi connectivity index (χ3v) is 4.21. The van der Waals surface area contributed by atoms with Gasteiger partial charge in [-0.15, -0.1) is 0 Å². The van der Waals surface area contributed by atoms with E-state index >= 15 is 0 Å². The van der Waals surface area contributed by atoms with Crippen LogP contribution >= 0.6 is 24.0 Å². The van der Waals surface area contributed by atoms with Crippen molar-refractivity contribution in [2.75, 3.05) is 13.2 Å². The average molecular weight is 340 g/mol. The Labute approximate surface area is 140 Å². The Balaban J connectivity index is 2.53. The molecule has 1 unspecified atom stereocenters. The molecule has 0 heterocycles. The fraction of sp³-hybridized carbons (Fsp3) is 0.438. The third-order valence-electron chi connectivity index (χ3n) is 2.79. The number of carbonyl (C=O) groups excluding carboxylic acids is 2. The molecule has 0 aliphatic rings. The summed E-state index contributed by atoms with van der Waals surface area (Å²) in [6.07, 6.45) is 0.941. The molecule has 0 saturated heterocycles. The van der Waals surface area contributed by atoms with Crippen molar-refractivity contribution in [3.8, 4) is 0 Å². The summed E-state index contributed by atoms with van der Waals surface area (Å²) < 4.78 is 10.7. The Bertz CT molecular complexity index is 502. The van der Waals surface area contributed by atoms with Gasteiger partial charge in [-0.05, 0) is 25.6 Å². The van der Waals surface area contributed by atoms with Gasteiger partial charge < -0.3 is 9.47 Å². The maximum absolute atomic E-state index is 12.1. The van der Waals surface area contributed by atoms with E-state index in [2.05, 4.69) is 0 Å². The highest BCUT2D eigenvalue weighted by Crippen LogP contribution is 2.21. The second kappa shape index (κ2) is 10.3. The molecular formula is C16H20O4S2. The van der Waals surface area contributed by atoms with Crippen molar-refractivity contribution >= 4 is 40.1 Å². The van der Waals surface area contributed by atoms with E-state index in [0.717, 1.165) is 0 Å². The number of ether oxygens (including phenoxy) is 2. The molecule has 0 radical (unpaired) electrons. The molecule has 0 aliphatic carbocycles. The predicted octanol–water partition coefficient (Wildman–Crippen LogP) is 3.64. The molecule has 0 aliphatic heterocycles. The predicted molar refractivity (Wildman–Crippen MR) is 92.2 cm³/mol. The van der Waals surface area contributed by atoms with Gasteiger partial charge >= 0.3 is 5.97 Å². The zero-order valence-corrected chi connectivity index (χ0v) is 14.4. The smallest absolute Gasteiger partial charge is 0.302 e. The van der Waals surface area contributed by atoms with Gasteiger partial charge in [-0.3, -0.25) is 9.59 Å². The lowest BCUT2D eigenvalue weighted by atomic mass is 10.1. The molecule has 6 heteroatoms. The third kappa shape index (κ3) is 7.56. The van der Waals surface area contributed by atoms with Crippen molar-refractivity contribution in [3.05, 3.63) is 35.9 Å². The van der Waals surface area contributed by atoms with Crippen LogP contribution in [0.5, 0.6) is 0 Å². The second-order valence-corrected chi connectivity index (χ2v) is 6.46. The Morgan fingerprint density at radius 2 is 1.91 bits per heavy atom. The van der Waals surface area contributed by atoms with Crippen molar-refractivity contribution in [3.63, 3.8) is 0 Å². The Kier molecular flexibility index (Phi) is 8.77. The van der Waals surface area contributed by atoms with Crippen LogP contribution in [0.15, 0.2) is 30.3 Å². The number of thiocarbonyl (C=S) groups is 1. The first-order valence-corrected chi connectivity index (χ1v) is 8.36. The molecule has 0 saturated carbocycles. The average Bonchev–Trinajstić information content (AvgIpc) is 2.50. The summed E-state index contributed by atoms with van der Waals surface area (Å²) in [5.74, 6) is -0.279. The van der Waals surface area contributed by atoms with Crippen LogP contribution in [0.1, 0.15) is 37.0 Å².